The number of aliphatic hydroxyl groups is 1. The molecule has 1 atom stereocenters. The van der Waals surface area contributed by atoms with Crippen LogP contribution >= 0.6 is 22.9 Å². The molecule has 0 saturated carbocycles. The van der Waals surface area contributed by atoms with Gasteiger partial charge in [-0.2, -0.15) is 0 Å². The molecular formula is C14H23ClN2O2S. The van der Waals surface area contributed by atoms with Gasteiger partial charge >= 0.3 is 0 Å². The lowest BCUT2D eigenvalue weighted by Gasteiger charge is -2.36. The van der Waals surface area contributed by atoms with Crippen LogP contribution in [0.5, 0.6) is 0 Å². The van der Waals surface area contributed by atoms with E-state index in [1.54, 1.807) is 11.3 Å². The highest BCUT2D eigenvalue weighted by molar-refractivity contribution is 7.09. The molecule has 1 aromatic rings. The summed E-state index contributed by atoms with van der Waals surface area (Å²) in [5.41, 5.74) is 0.978. The highest BCUT2D eigenvalue weighted by Gasteiger charge is 2.27. The fourth-order valence-corrected chi connectivity index (χ4v) is 3.96. The number of piperidine rings is 1. The summed E-state index contributed by atoms with van der Waals surface area (Å²) in [4.78, 5) is 7.12. The molecule has 0 aromatic carbocycles. The average molecular weight is 319 g/mol. The van der Waals surface area contributed by atoms with E-state index in [4.69, 9.17) is 21.4 Å². The van der Waals surface area contributed by atoms with Gasteiger partial charge in [-0.05, 0) is 19.3 Å². The van der Waals surface area contributed by atoms with Crippen LogP contribution < -0.4 is 0 Å². The van der Waals surface area contributed by atoms with E-state index >= 15 is 0 Å². The first kappa shape index (κ1) is 16.2. The van der Waals surface area contributed by atoms with Crippen molar-refractivity contribution in [1.29, 1.82) is 0 Å². The van der Waals surface area contributed by atoms with Crippen LogP contribution in [0.4, 0.5) is 0 Å². The lowest BCUT2D eigenvalue weighted by Crippen LogP contribution is -2.39. The van der Waals surface area contributed by atoms with Gasteiger partial charge in [-0.25, -0.2) is 4.98 Å². The molecule has 6 heteroatoms. The number of halogens is 1. The lowest BCUT2D eigenvalue weighted by molar-refractivity contribution is -0.0159. The molecule has 1 unspecified atom stereocenters. The zero-order valence-electron chi connectivity index (χ0n) is 11.9. The first-order valence-electron chi connectivity index (χ1n) is 7.25. The molecular weight excluding hydrogens is 296 g/mol. The fourth-order valence-electron chi connectivity index (χ4n) is 2.70. The van der Waals surface area contributed by atoms with Gasteiger partial charge in [-0.3, -0.25) is 4.90 Å². The number of ether oxygens (including phenoxy) is 1. The standard InChI is InChI=1S/C14H23ClN2O2S/c1-2-13(14-16-11(9-15)10-20-14)17-5-3-12(4-6-17)19-8-7-18/h10,12-13,18H,2-9H2,1H3. The second kappa shape index (κ2) is 8.29. The van der Waals surface area contributed by atoms with E-state index in [9.17, 15) is 0 Å². The molecule has 1 fully saturated rings. The molecule has 0 amide bonds. The maximum Gasteiger partial charge on any atom is 0.110 e. The van der Waals surface area contributed by atoms with Crippen LogP contribution in [0.2, 0.25) is 0 Å². The van der Waals surface area contributed by atoms with Crippen molar-refractivity contribution in [2.45, 2.75) is 44.2 Å². The smallest absolute Gasteiger partial charge is 0.110 e. The molecule has 1 saturated heterocycles. The van der Waals surface area contributed by atoms with Crippen LogP contribution in [0, 0.1) is 0 Å². The molecule has 114 valence electrons. The summed E-state index contributed by atoms with van der Waals surface area (Å²) in [6.07, 6.45) is 3.43. The third-order valence-corrected chi connectivity index (χ3v) is 5.01. The normalized spacial score (nSPS) is 19.4. The number of thiazole rings is 1. The molecule has 0 radical (unpaired) electrons. The van der Waals surface area contributed by atoms with Crippen molar-refractivity contribution in [3.63, 3.8) is 0 Å². The summed E-state index contributed by atoms with van der Waals surface area (Å²) >= 11 is 7.55. The van der Waals surface area contributed by atoms with Crippen molar-refractivity contribution in [3.8, 4) is 0 Å². The Balaban J connectivity index is 1.90. The van der Waals surface area contributed by atoms with Crippen LogP contribution in [-0.4, -0.2) is 47.4 Å². The van der Waals surface area contributed by atoms with E-state index < -0.39 is 0 Å². The summed E-state index contributed by atoms with van der Waals surface area (Å²) in [7, 11) is 0. The van der Waals surface area contributed by atoms with Crippen molar-refractivity contribution in [2.24, 2.45) is 0 Å². The lowest BCUT2D eigenvalue weighted by atomic mass is 10.0. The Morgan fingerprint density at radius 3 is 2.85 bits per heavy atom. The fraction of sp³-hybridized carbons (Fsp3) is 0.786. The second-order valence-corrected chi connectivity index (χ2v) is 6.22. The number of aromatic nitrogens is 1. The van der Waals surface area contributed by atoms with Gasteiger partial charge < -0.3 is 9.84 Å². The summed E-state index contributed by atoms with van der Waals surface area (Å²) in [6, 6.07) is 0.399. The van der Waals surface area contributed by atoms with Crippen LogP contribution in [0.1, 0.15) is 42.9 Å². The molecule has 4 nitrogen and oxygen atoms in total. The van der Waals surface area contributed by atoms with Gasteiger partial charge in [0.15, 0.2) is 0 Å². The number of hydrogen-bond acceptors (Lipinski definition) is 5. The minimum Gasteiger partial charge on any atom is -0.394 e. The Morgan fingerprint density at radius 2 is 2.30 bits per heavy atom. The molecule has 1 aliphatic heterocycles. The van der Waals surface area contributed by atoms with Gasteiger partial charge in [0.25, 0.3) is 0 Å². The highest BCUT2D eigenvalue weighted by Crippen LogP contribution is 2.30. The molecule has 1 aromatic heterocycles. The van der Waals surface area contributed by atoms with Crippen molar-refractivity contribution in [1.82, 2.24) is 9.88 Å². The summed E-state index contributed by atoms with van der Waals surface area (Å²) in [6.45, 7) is 4.83. The van der Waals surface area contributed by atoms with E-state index in [0.29, 0.717) is 24.6 Å². The molecule has 0 bridgehead atoms. The predicted molar refractivity (Wildman–Crippen MR) is 82.3 cm³/mol. The highest BCUT2D eigenvalue weighted by atomic mass is 35.5. The maximum absolute atomic E-state index is 8.80. The van der Waals surface area contributed by atoms with Crippen molar-refractivity contribution >= 4 is 22.9 Å². The van der Waals surface area contributed by atoms with Gasteiger partial charge in [0.2, 0.25) is 0 Å². The molecule has 1 aliphatic rings. The Morgan fingerprint density at radius 1 is 1.55 bits per heavy atom. The van der Waals surface area contributed by atoms with E-state index in [1.165, 1.54) is 5.01 Å². The average Bonchev–Trinajstić information content (AvgIpc) is 2.96. The quantitative estimate of drug-likeness (QED) is 0.785. The van der Waals surface area contributed by atoms with Gasteiger partial charge in [0.05, 0.1) is 36.9 Å². The topological polar surface area (TPSA) is 45.6 Å². The van der Waals surface area contributed by atoms with Crippen LogP contribution in [0.3, 0.4) is 0 Å². The van der Waals surface area contributed by atoms with E-state index in [0.717, 1.165) is 38.0 Å². The first-order valence-corrected chi connectivity index (χ1v) is 8.66. The summed E-state index contributed by atoms with van der Waals surface area (Å²) in [5, 5.41) is 12.0. The summed E-state index contributed by atoms with van der Waals surface area (Å²) in [5.74, 6) is 0.490. The van der Waals surface area contributed by atoms with Crippen molar-refractivity contribution in [2.75, 3.05) is 26.3 Å². The van der Waals surface area contributed by atoms with Gasteiger partial charge in [-0.15, -0.1) is 22.9 Å². The zero-order chi connectivity index (χ0) is 14.4. The first-order chi connectivity index (χ1) is 9.78. The predicted octanol–water partition coefficient (Wildman–Crippen LogP) is 2.81. The van der Waals surface area contributed by atoms with Crippen LogP contribution in [0.15, 0.2) is 5.38 Å². The van der Waals surface area contributed by atoms with E-state index in [1.807, 2.05) is 0 Å². The number of alkyl halides is 1. The van der Waals surface area contributed by atoms with Gasteiger partial charge in [0.1, 0.15) is 5.01 Å². The zero-order valence-corrected chi connectivity index (χ0v) is 13.5. The monoisotopic (exact) mass is 318 g/mol. The third kappa shape index (κ3) is 4.15. The molecule has 0 spiro atoms. The van der Waals surface area contributed by atoms with E-state index in [2.05, 4.69) is 22.2 Å². The van der Waals surface area contributed by atoms with Gasteiger partial charge in [0, 0.05) is 18.5 Å². The largest absolute Gasteiger partial charge is 0.394 e. The Bertz CT molecular complexity index is 394. The minimum absolute atomic E-state index is 0.109. The minimum atomic E-state index is 0.109. The number of aliphatic hydroxyl groups excluding tert-OH is 1. The van der Waals surface area contributed by atoms with Gasteiger partial charge in [-0.1, -0.05) is 6.92 Å². The van der Waals surface area contributed by atoms with Crippen LogP contribution in [-0.2, 0) is 10.6 Å². The number of rotatable bonds is 7. The third-order valence-electron chi connectivity index (χ3n) is 3.74. The summed E-state index contributed by atoms with van der Waals surface area (Å²) < 4.78 is 5.61. The second-order valence-electron chi connectivity index (χ2n) is 5.06. The Labute approximate surface area is 129 Å². The number of likely N-dealkylation sites (tertiary alicyclic amines) is 1. The van der Waals surface area contributed by atoms with E-state index in [-0.39, 0.29) is 6.61 Å². The molecule has 2 rings (SSSR count). The SMILES string of the molecule is CCC(c1nc(CCl)cs1)N1CCC(OCCO)CC1. The molecule has 0 aliphatic carbocycles. The molecule has 2 heterocycles. The van der Waals surface area contributed by atoms with Crippen molar-refractivity contribution < 1.29 is 9.84 Å². The number of hydrogen-bond donors (Lipinski definition) is 1. The molecule has 20 heavy (non-hydrogen) atoms. The molecule has 1 N–H and O–H groups in total. The Hall–Kier alpha value is -0.200. The number of nitrogens with zero attached hydrogens (tertiary/aromatic N) is 2. The van der Waals surface area contributed by atoms with Crippen LogP contribution in [0.25, 0.3) is 0 Å². The van der Waals surface area contributed by atoms with Crippen molar-refractivity contribution in [3.05, 3.63) is 16.1 Å². The maximum atomic E-state index is 8.80. The Kier molecular flexibility index (Phi) is 6.71.